The molecule has 0 radical (unpaired) electrons. The van der Waals surface area contributed by atoms with E-state index in [9.17, 15) is 9.59 Å². The number of amides is 3. The molecule has 0 saturated carbocycles. The van der Waals surface area contributed by atoms with E-state index in [1.165, 1.54) is 0 Å². The molecule has 36 heavy (non-hydrogen) atoms. The fraction of sp³-hybridized carbons (Fsp3) is 0.704. The number of likely N-dealkylation sites (N-methyl/N-ethyl adjacent to an activating group) is 1. The van der Waals surface area contributed by atoms with Gasteiger partial charge in [-0.3, -0.25) is 0 Å². The molecule has 0 aliphatic carbocycles. The predicted molar refractivity (Wildman–Crippen MR) is 139 cm³/mol. The summed E-state index contributed by atoms with van der Waals surface area (Å²) in [5.74, 6) is 0.710. The highest BCUT2D eigenvalue weighted by atomic mass is 16.5. The van der Waals surface area contributed by atoms with E-state index in [1.807, 2.05) is 11.9 Å². The molecule has 1 aromatic carbocycles. The second-order valence-corrected chi connectivity index (χ2v) is 10.3. The Labute approximate surface area is 215 Å². The quantitative estimate of drug-likeness (QED) is 0.344. The lowest BCUT2D eigenvalue weighted by atomic mass is 9.87. The van der Waals surface area contributed by atoms with Crippen molar-refractivity contribution < 1.29 is 24.2 Å². The van der Waals surface area contributed by atoms with E-state index in [0.29, 0.717) is 12.5 Å². The van der Waals surface area contributed by atoms with Gasteiger partial charge in [-0.25, -0.2) is 9.59 Å². The average molecular weight is 505 g/mol. The summed E-state index contributed by atoms with van der Waals surface area (Å²) in [5.41, 5.74) is 3.41. The number of carboxylic acid groups (broad SMARTS) is 1. The standard InChI is InChI=1S/C27H44N4O5/c1-19-13-20(2)15-23(14-19)25(36-12-8-29-27(33)34)22-5-4-9-31(18-22)26(32)30-24(17-28-3)16-21-6-10-35-11-7-21/h13-15,21-22,24-25,28-29H,4-12,16-18H2,1-3H3,(H,30,32)(H,33,34)/t22-,24+,25-/m1/s1. The monoisotopic (exact) mass is 504 g/mol. The van der Waals surface area contributed by atoms with Crippen molar-refractivity contribution in [3.8, 4) is 0 Å². The van der Waals surface area contributed by atoms with Crippen LogP contribution in [0, 0.1) is 25.7 Å². The number of nitrogens with one attached hydrogen (secondary N) is 3. The van der Waals surface area contributed by atoms with E-state index < -0.39 is 6.09 Å². The number of hydrogen-bond acceptors (Lipinski definition) is 5. The predicted octanol–water partition coefficient (Wildman–Crippen LogP) is 3.46. The van der Waals surface area contributed by atoms with Crippen LogP contribution in [0.15, 0.2) is 18.2 Å². The molecule has 3 atom stereocenters. The number of piperidine rings is 1. The van der Waals surface area contributed by atoms with Gasteiger partial charge in [0.05, 0.1) is 12.7 Å². The highest BCUT2D eigenvalue weighted by Gasteiger charge is 2.32. The van der Waals surface area contributed by atoms with Crippen molar-refractivity contribution in [3.63, 3.8) is 0 Å². The van der Waals surface area contributed by atoms with E-state index >= 15 is 0 Å². The molecule has 9 heteroatoms. The van der Waals surface area contributed by atoms with Crippen molar-refractivity contribution in [2.24, 2.45) is 11.8 Å². The normalized spacial score (nSPS) is 20.5. The van der Waals surface area contributed by atoms with E-state index in [-0.39, 0.29) is 37.2 Å². The summed E-state index contributed by atoms with van der Waals surface area (Å²) in [4.78, 5) is 26.1. The number of likely N-dealkylation sites (tertiary alicyclic amines) is 1. The molecule has 2 aliphatic rings. The lowest BCUT2D eigenvalue weighted by molar-refractivity contribution is -0.00861. The number of aryl methyl sites for hydroxylation is 2. The first-order valence-electron chi connectivity index (χ1n) is 13.3. The maximum Gasteiger partial charge on any atom is 0.404 e. The van der Waals surface area contributed by atoms with Crippen LogP contribution in [0.25, 0.3) is 0 Å². The topological polar surface area (TPSA) is 112 Å². The lowest BCUT2D eigenvalue weighted by Gasteiger charge is -2.38. The summed E-state index contributed by atoms with van der Waals surface area (Å²) in [7, 11) is 1.92. The van der Waals surface area contributed by atoms with Crippen LogP contribution < -0.4 is 16.0 Å². The summed E-state index contributed by atoms with van der Waals surface area (Å²) in [6.45, 7) is 8.34. The van der Waals surface area contributed by atoms with Crippen molar-refractivity contribution in [1.82, 2.24) is 20.9 Å². The summed E-state index contributed by atoms with van der Waals surface area (Å²) >= 11 is 0. The number of rotatable bonds is 11. The molecule has 3 amide bonds. The minimum absolute atomic E-state index is 0.0151. The Bertz CT molecular complexity index is 825. The second kappa shape index (κ2) is 14.4. The Kier molecular flexibility index (Phi) is 11.3. The van der Waals surface area contributed by atoms with Crippen LogP contribution in [0.3, 0.4) is 0 Å². The van der Waals surface area contributed by atoms with E-state index in [2.05, 4.69) is 48.0 Å². The maximum atomic E-state index is 13.3. The summed E-state index contributed by atoms with van der Waals surface area (Å²) < 4.78 is 11.8. The zero-order valence-corrected chi connectivity index (χ0v) is 22.1. The first kappa shape index (κ1) is 28.2. The van der Waals surface area contributed by atoms with Crippen molar-refractivity contribution in [2.45, 2.75) is 58.1 Å². The molecule has 0 unspecified atom stereocenters. The molecule has 2 fully saturated rings. The third-order valence-corrected chi connectivity index (χ3v) is 7.16. The smallest absolute Gasteiger partial charge is 0.404 e. The molecule has 1 aromatic rings. The number of hydrogen-bond donors (Lipinski definition) is 4. The van der Waals surface area contributed by atoms with Gasteiger partial charge in [0.2, 0.25) is 0 Å². The Hall–Kier alpha value is -2.36. The minimum Gasteiger partial charge on any atom is -0.465 e. The molecule has 2 saturated heterocycles. The third kappa shape index (κ3) is 8.94. The highest BCUT2D eigenvalue weighted by molar-refractivity contribution is 5.74. The maximum absolute atomic E-state index is 13.3. The minimum atomic E-state index is -1.06. The van der Waals surface area contributed by atoms with Crippen molar-refractivity contribution >= 4 is 12.1 Å². The van der Waals surface area contributed by atoms with Crippen molar-refractivity contribution in [2.75, 3.05) is 53.0 Å². The number of carbonyl (C=O) groups is 2. The largest absolute Gasteiger partial charge is 0.465 e. The van der Waals surface area contributed by atoms with Crippen LogP contribution in [-0.2, 0) is 9.47 Å². The van der Waals surface area contributed by atoms with Gasteiger partial charge in [0.1, 0.15) is 0 Å². The molecule has 0 aromatic heterocycles. The summed E-state index contributed by atoms with van der Waals surface area (Å²) in [6.07, 6.45) is 3.66. The number of carbonyl (C=O) groups excluding carboxylic acids is 1. The van der Waals surface area contributed by atoms with Gasteiger partial charge < -0.3 is 35.4 Å². The van der Waals surface area contributed by atoms with Crippen molar-refractivity contribution in [1.29, 1.82) is 0 Å². The van der Waals surface area contributed by atoms with Gasteiger partial charge in [0.15, 0.2) is 0 Å². The van der Waals surface area contributed by atoms with Gasteiger partial charge in [-0.15, -0.1) is 0 Å². The molecule has 9 nitrogen and oxygen atoms in total. The van der Waals surface area contributed by atoms with E-state index in [1.54, 1.807) is 0 Å². The molecule has 4 N–H and O–H groups in total. The lowest BCUT2D eigenvalue weighted by Crippen LogP contribution is -2.52. The summed E-state index contributed by atoms with van der Waals surface area (Å²) in [6, 6.07) is 6.47. The number of urea groups is 1. The van der Waals surface area contributed by atoms with Gasteiger partial charge >= 0.3 is 12.1 Å². The molecule has 0 spiro atoms. The molecule has 2 heterocycles. The highest BCUT2D eigenvalue weighted by Crippen LogP contribution is 2.34. The van der Waals surface area contributed by atoms with Crippen molar-refractivity contribution in [3.05, 3.63) is 34.9 Å². The van der Waals surface area contributed by atoms with Gasteiger partial charge in [-0.2, -0.15) is 0 Å². The fourth-order valence-electron chi connectivity index (χ4n) is 5.55. The van der Waals surface area contributed by atoms with Crippen LogP contribution in [0.5, 0.6) is 0 Å². The number of ether oxygens (including phenoxy) is 2. The average Bonchev–Trinajstić information content (AvgIpc) is 2.84. The van der Waals surface area contributed by atoms with Crippen LogP contribution in [0.1, 0.15) is 54.9 Å². The van der Waals surface area contributed by atoms with Gasteiger partial charge in [0, 0.05) is 51.4 Å². The number of nitrogens with zero attached hydrogens (tertiary/aromatic N) is 1. The van der Waals surface area contributed by atoms with Gasteiger partial charge in [-0.05, 0) is 64.5 Å². The van der Waals surface area contributed by atoms with Gasteiger partial charge in [0.25, 0.3) is 0 Å². The Morgan fingerprint density at radius 2 is 1.89 bits per heavy atom. The summed E-state index contributed by atoms with van der Waals surface area (Å²) in [5, 5.41) is 17.8. The molecular formula is C27H44N4O5. The van der Waals surface area contributed by atoms with E-state index in [4.69, 9.17) is 14.6 Å². The van der Waals surface area contributed by atoms with Gasteiger partial charge in [-0.1, -0.05) is 29.3 Å². The Morgan fingerprint density at radius 1 is 1.17 bits per heavy atom. The second-order valence-electron chi connectivity index (χ2n) is 10.3. The van der Waals surface area contributed by atoms with Crippen LogP contribution >= 0.6 is 0 Å². The molecule has 202 valence electrons. The molecular weight excluding hydrogens is 460 g/mol. The zero-order valence-electron chi connectivity index (χ0n) is 22.1. The molecule has 0 bridgehead atoms. The third-order valence-electron chi connectivity index (χ3n) is 7.16. The van der Waals surface area contributed by atoms with Crippen LogP contribution in [0.2, 0.25) is 0 Å². The first-order valence-corrected chi connectivity index (χ1v) is 13.3. The van der Waals surface area contributed by atoms with E-state index in [0.717, 1.165) is 75.1 Å². The molecule has 3 rings (SSSR count). The zero-order chi connectivity index (χ0) is 25.9. The SMILES string of the molecule is CNC[C@H](CC1CCOCC1)NC(=O)N1CCC[C@@H]([C@@H](OCCNC(=O)O)c2cc(C)cc(C)c2)C1. The number of benzene rings is 1. The Balaban J connectivity index is 1.65. The molecule has 2 aliphatic heterocycles. The first-order chi connectivity index (χ1) is 17.4. The Morgan fingerprint density at radius 3 is 2.56 bits per heavy atom. The van der Waals surface area contributed by atoms with Crippen LogP contribution in [0.4, 0.5) is 9.59 Å². The fourth-order valence-corrected chi connectivity index (χ4v) is 5.55. The van der Waals surface area contributed by atoms with Crippen LogP contribution in [-0.4, -0.2) is 81.2 Å².